The SMILES string of the molecule is CC1(C)CNCC[C@@H]1Nc1nc(-c2ccnc(Nc3ccc4cccc(F)c4n3)c2)nc2cncc(C3CCC3)c12. The molecule has 7 rings (SSSR count). The lowest BCUT2D eigenvalue weighted by Gasteiger charge is -2.40. The lowest BCUT2D eigenvalue weighted by Crippen LogP contribution is -2.49. The number of piperidine rings is 1. The van der Waals surface area contributed by atoms with Gasteiger partial charge in [0.1, 0.15) is 28.8 Å². The van der Waals surface area contributed by atoms with Crippen molar-refractivity contribution in [2.75, 3.05) is 23.7 Å². The molecule has 0 spiro atoms. The fourth-order valence-electron chi connectivity index (χ4n) is 5.92. The van der Waals surface area contributed by atoms with E-state index < -0.39 is 0 Å². The Kier molecular flexibility index (Phi) is 6.46. The van der Waals surface area contributed by atoms with Gasteiger partial charge < -0.3 is 16.0 Å². The van der Waals surface area contributed by atoms with Crippen molar-refractivity contribution in [3.63, 3.8) is 0 Å². The van der Waals surface area contributed by atoms with Gasteiger partial charge in [0.15, 0.2) is 5.82 Å². The zero-order chi connectivity index (χ0) is 28.0. The number of rotatable bonds is 6. The minimum Gasteiger partial charge on any atom is -0.366 e. The first-order valence-corrected chi connectivity index (χ1v) is 14.4. The summed E-state index contributed by atoms with van der Waals surface area (Å²) in [5, 5.41) is 12.4. The van der Waals surface area contributed by atoms with Crippen LogP contribution in [0.1, 0.15) is 51.0 Å². The molecule has 5 heterocycles. The number of nitrogens with zero attached hydrogens (tertiary/aromatic N) is 5. The van der Waals surface area contributed by atoms with Gasteiger partial charge in [0.25, 0.3) is 0 Å². The summed E-state index contributed by atoms with van der Waals surface area (Å²) in [4.78, 5) is 23.7. The first kappa shape index (κ1) is 25.7. The minimum atomic E-state index is -0.357. The fourth-order valence-corrected chi connectivity index (χ4v) is 5.92. The van der Waals surface area contributed by atoms with Crippen LogP contribution in [0.4, 0.5) is 21.8 Å². The number of hydrogen-bond donors (Lipinski definition) is 3. The number of fused-ring (bicyclic) bond motifs is 2. The van der Waals surface area contributed by atoms with E-state index in [0.29, 0.717) is 28.9 Å². The van der Waals surface area contributed by atoms with Crippen molar-refractivity contribution < 1.29 is 4.39 Å². The fraction of sp³-hybridized carbons (Fsp3) is 0.344. The maximum atomic E-state index is 14.3. The van der Waals surface area contributed by atoms with E-state index in [4.69, 9.17) is 9.97 Å². The molecule has 1 saturated carbocycles. The number of para-hydroxylation sites is 1. The molecule has 4 aromatic heterocycles. The molecule has 3 N–H and O–H groups in total. The topological polar surface area (TPSA) is 101 Å². The van der Waals surface area contributed by atoms with Gasteiger partial charge in [0.2, 0.25) is 0 Å². The van der Waals surface area contributed by atoms with Gasteiger partial charge >= 0.3 is 0 Å². The maximum Gasteiger partial charge on any atom is 0.162 e. The van der Waals surface area contributed by atoms with Gasteiger partial charge in [-0.15, -0.1) is 0 Å². The second-order valence-electron chi connectivity index (χ2n) is 11.9. The zero-order valence-electron chi connectivity index (χ0n) is 23.3. The van der Waals surface area contributed by atoms with Gasteiger partial charge in [-0.05, 0) is 73.0 Å². The molecule has 2 fully saturated rings. The van der Waals surface area contributed by atoms with Crippen molar-refractivity contribution in [1.29, 1.82) is 0 Å². The van der Waals surface area contributed by atoms with E-state index in [2.05, 4.69) is 44.7 Å². The number of halogens is 1. The van der Waals surface area contributed by atoms with Gasteiger partial charge in [-0.25, -0.2) is 24.3 Å². The normalized spacial score (nSPS) is 18.8. The Bertz CT molecular complexity index is 1750. The maximum absolute atomic E-state index is 14.3. The highest BCUT2D eigenvalue weighted by Crippen LogP contribution is 2.42. The molecule has 1 aromatic carbocycles. The van der Waals surface area contributed by atoms with Crippen LogP contribution < -0.4 is 16.0 Å². The molecular formula is C32H33FN8. The molecule has 9 heteroatoms. The van der Waals surface area contributed by atoms with Gasteiger partial charge in [-0.2, -0.15) is 0 Å². The summed E-state index contributed by atoms with van der Waals surface area (Å²) in [5.41, 5.74) is 3.28. The van der Waals surface area contributed by atoms with E-state index in [-0.39, 0.29) is 17.3 Å². The second kappa shape index (κ2) is 10.3. The first-order valence-electron chi connectivity index (χ1n) is 14.4. The van der Waals surface area contributed by atoms with Crippen molar-refractivity contribution in [2.45, 2.75) is 51.5 Å². The van der Waals surface area contributed by atoms with E-state index in [1.54, 1.807) is 12.3 Å². The van der Waals surface area contributed by atoms with Crippen LogP contribution in [0.5, 0.6) is 0 Å². The third kappa shape index (κ3) is 4.95. The van der Waals surface area contributed by atoms with Gasteiger partial charge in [-0.1, -0.05) is 32.4 Å². The van der Waals surface area contributed by atoms with Crippen molar-refractivity contribution in [3.05, 3.63) is 72.4 Å². The van der Waals surface area contributed by atoms with E-state index in [1.807, 2.05) is 42.7 Å². The summed E-state index contributed by atoms with van der Waals surface area (Å²) >= 11 is 0. The van der Waals surface area contributed by atoms with E-state index in [1.165, 1.54) is 30.9 Å². The summed E-state index contributed by atoms with van der Waals surface area (Å²) in [5.74, 6) is 2.69. The monoisotopic (exact) mass is 548 g/mol. The van der Waals surface area contributed by atoms with Crippen molar-refractivity contribution in [1.82, 2.24) is 30.2 Å². The van der Waals surface area contributed by atoms with Crippen LogP contribution in [-0.2, 0) is 0 Å². The van der Waals surface area contributed by atoms with Crippen LogP contribution >= 0.6 is 0 Å². The van der Waals surface area contributed by atoms with Crippen molar-refractivity contribution in [3.8, 4) is 11.4 Å². The van der Waals surface area contributed by atoms with Crippen molar-refractivity contribution in [2.24, 2.45) is 5.41 Å². The highest BCUT2D eigenvalue weighted by Gasteiger charge is 2.33. The number of pyridine rings is 3. The molecule has 0 bridgehead atoms. The molecule has 208 valence electrons. The largest absolute Gasteiger partial charge is 0.366 e. The molecule has 8 nitrogen and oxygen atoms in total. The Balaban J connectivity index is 1.28. The lowest BCUT2D eigenvalue weighted by atomic mass is 9.78. The number of nitrogens with one attached hydrogen (secondary N) is 3. The Morgan fingerprint density at radius 2 is 1.88 bits per heavy atom. The molecule has 1 atom stereocenters. The Morgan fingerprint density at radius 3 is 2.71 bits per heavy atom. The third-order valence-electron chi connectivity index (χ3n) is 8.57. The van der Waals surface area contributed by atoms with Crippen molar-refractivity contribution >= 4 is 39.3 Å². The molecule has 1 aliphatic carbocycles. The average molecular weight is 549 g/mol. The number of benzene rings is 1. The number of hydrogen-bond acceptors (Lipinski definition) is 8. The third-order valence-corrected chi connectivity index (χ3v) is 8.57. The summed E-state index contributed by atoms with van der Waals surface area (Å²) in [6.45, 7) is 6.51. The summed E-state index contributed by atoms with van der Waals surface area (Å²) in [7, 11) is 0. The first-order chi connectivity index (χ1) is 19.9. The highest BCUT2D eigenvalue weighted by atomic mass is 19.1. The van der Waals surface area contributed by atoms with Crippen LogP contribution in [0.15, 0.2) is 61.1 Å². The predicted octanol–water partition coefficient (Wildman–Crippen LogP) is 6.59. The van der Waals surface area contributed by atoms with Gasteiger partial charge in [0.05, 0.1) is 11.7 Å². The van der Waals surface area contributed by atoms with Crippen LogP contribution in [0, 0.1) is 11.2 Å². The Hall–Kier alpha value is -4.24. The van der Waals surface area contributed by atoms with Crippen LogP contribution in [0.3, 0.4) is 0 Å². The summed E-state index contributed by atoms with van der Waals surface area (Å²) in [6, 6.07) is 12.7. The highest BCUT2D eigenvalue weighted by molar-refractivity contribution is 5.93. The van der Waals surface area contributed by atoms with Crippen LogP contribution in [-0.4, -0.2) is 44.1 Å². The molecule has 2 aliphatic rings. The molecule has 41 heavy (non-hydrogen) atoms. The lowest BCUT2D eigenvalue weighted by molar-refractivity contribution is 0.236. The minimum absolute atomic E-state index is 0.0689. The zero-order valence-corrected chi connectivity index (χ0v) is 23.3. The molecule has 0 radical (unpaired) electrons. The standard InChI is InChI=1S/C32H33FN8/c1-32(2)18-34-13-12-25(32)38-31-28-22(19-5-3-6-19)16-35-17-24(28)37-30(41-31)21-11-14-36-27(15-21)39-26-10-9-20-7-4-8-23(33)29(20)40-26/h4,7-11,14-17,19,25,34H,3,5-6,12-13,18H2,1-2H3,(H,36,39,40)(H,37,38,41)/t25-/m0/s1. The van der Waals surface area contributed by atoms with Gasteiger partial charge in [-0.3, -0.25) is 4.98 Å². The molecule has 1 saturated heterocycles. The van der Waals surface area contributed by atoms with E-state index >= 15 is 0 Å². The van der Waals surface area contributed by atoms with Crippen LogP contribution in [0.25, 0.3) is 33.2 Å². The number of anilines is 3. The van der Waals surface area contributed by atoms with Gasteiger partial charge in [0, 0.05) is 41.3 Å². The summed E-state index contributed by atoms with van der Waals surface area (Å²) in [6.07, 6.45) is 10.2. The predicted molar refractivity (Wildman–Crippen MR) is 161 cm³/mol. The van der Waals surface area contributed by atoms with E-state index in [0.717, 1.165) is 47.2 Å². The quantitative estimate of drug-likeness (QED) is 0.219. The second-order valence-corrected chi connectivity index (χ2v) is 11.9. The Morgan fingerprint density at radius 1 is 0.976 bits per heavy atom. The molecule has 0 amide bonds. The molecular weight excluding hydrogens is 515 g/mol. The summed E-state index contributed by atoms with van der Waals surface area (Å²) < 4.78 is 14.3. The smallest absolute Gasteiger partial charge is 0.162 e. The van der Waals surface area contributed by atoms with E-state index in [9.17, 15) is 4.39 Å². The molecule has 5 aromatic rings. The number of aromatic nitrogens is 5. The Labute approximate surface area is 238 Å². The molecule has 1 aliphatic heterocycles. The average Bonchev–Trinajstić information content (AvgIpc) is 2.94. The molecule has 0 unspecified atom stereocenters. The van der Waals surface area contributed by atoms with Crippen LogP contribution in [0.2, 0.25) is 0 Å².